The summed E-state index contributed by atoms with van der Waals surface area (Å²) in [4.78, 5) is 34.4. The average Bonchev–Trinajstić information content (AvgIpc) is 3.23. The van der Waals surface area contributed by atoms with Gasteiger partial charge in [0.2, 0.25) is 5.91 Å². The highest BCUT2D eigenvalue weighted by Gasteiger charge is 2.40. The number of rotatable bonds is 6. The van der Waals surface area contributed by atoms with Gasteiger partial charge in [-0.15, -0.1) is 0 Å². The normalized spacial score (nSPS) is 18.9. The van der Waals surface area contributed by atoms with Crippen molar-refractivity contribution in [2.24, 2.45) is 11.8 Å². The summed E-state index contributed by atoms with van der Waals surface area (Å²) < 4.78 is 30.5. The molecule has 124 valence electrons. The highest BCUT2D eigenvalue weighted by Crippen LogP contribution is 2.38. The predicted molar refractivity (Wildman–Crippen MR) is 76.2 cm³/mol. The standard InChI is InChI=1S/C15H16F2N2O4/c1-8-4-10(8)15(22)23-7-14(21)18-6-13(20)19-9-2-3-11(16)12(17)5-9/h2-3,5,8,10H,4,6-7H2,1H3,(H,18,21)(H,19,20)/t8-,10+/m0/s1. The molecule has 0 unspecified atom stereocenters. The minimum absolute atomic E-state index is 0.0669. The number of hydrogen-bond donors (Lipinski definition) is 2. The SMILES string of the molecule is C[C@H]1C[C@H]1C(=O)OCC(=O)NCC(=O)Nc1ccc(F)c(F)c1. The van der Waals surface area contributed by atoms with Gasteiger partial charge in [0.05, 0.1) is 12.5 Å². The molecule has 0 spiro atoms. The third kappa shape index (κ3) is 5.01. The maximum Gasteiger partial charge on any atom is 0.309 e. The molecule has 1 aliphatic rings. The van der Waals surface area contributed by atoms with Crippen LogP contribution in [-0.2, 0) is 19.1 Å². The van der Waals surface area contributed by atoms with Crippen molar-refractivity contribution in [3.05, 3.63) is 29.8 Å². The molecule has 0 bridgehead atoms. The summed E-state index contributed by atoms with van der Waals surface area (Å²) in [5.41, 5.74) is 0.0669. The Hall–Kier alpha value is -2.51. The Morgan fingerprint density at radius 2 is 1.91 bits per heavy atom. The second-order valence-electron chi connectivity index (χ2n) is 5.38. The summed E-state index contributed by atoms with van der Waals surface area (Å²) in [6, 6.07) is 2.90. The zero-order chi connectivity index (χ0) is 17.0. The van der Waals surface area contributed by atoms with Crippen LogP contribution in [0.3, 0.4) is 0 Å². The van der Waals surface area contributed by atoms with Crippen LogP contribution >= 0.6 is 0 Å². The van der Waals surface area contributed by atoms with E-state index in [1.165, 1.54) is 6.07 Å². The smallest absolute Gasteiger partial charge is 0.309 e. The highest BCUT2D eigenvalue weighted by molar-refractivity contribution is 5.94. The molecule has 2 amide bonds. The number of hydrogen-bond acceptors (Lipinski definition) is 4. The third-order valence-electron chi connectivity index (χ3n) is 3.41. The molecular formula is C15H16F2N2O4. The number of benzene rings is 1. The Balaban J connectivity index is 1.68. The summed E-state index contributed by atoms with van der Waals surface area (Å²) in [7, 11) is 0. The minimum atomic E-state index is -1.09. The van der Waals surface area contributed by atoms with Crippen LogP contribution < -0.4 is 10.6 Å². The molecule has 2 N–H and O–H groups in total. The first kappa shape index (κ1) is 16.9. The lowest BCUT2D eigenvalue weighted by atomic mass is 10.3. The number of nitrogens with one attached hydrogen (secondary N) is 2. The van der Waals surface area contributed by atoms with Gasteiger partial charge in [0.15, 0.2) is 18.2 Å². The molecule has 23 heavy (non-hydrogen) atoms. The van der Waals surface area contributed by atoms with Gasteiger partial charge in [0, 0.05) is 11.8 Å². The van der Waals surface area contributed by atoms with Crippen LogP contribution in [0.1, 0.15) is 13.3 Å². The molecule has 8 heteroatoms. The number of amides is 2. The second-order valence-corrected chi connectivity index (χ2v) is 5.38. The first-order valence-electron chi connectivity index (χ1n) is 7.05. The van der Waals surface area contributed by atoms with Crippen molar-refractivity contribution in [2.75, 3.05) is 18.5 Å². The molecule has 6 nitrogen and oxygen atoms in total. The molecule has 0 aromatic heterocycles. The molecule has 2 rings (SSSR count). The van der Waals surface area contributed by atoms with E-state index in [0.717, 1.165) is 18.6 Å². The molecule has 1 aromatic carbocycles. The number of carbonyl (C=O) groups excluding carboxylic acids is 3. The fourth-order valence-electron chi connectivity index (χ4n) is 1.90. The van der Waals surface area contributed by atoms with Crippen LogP contribution in [0.2, 0.25) is 0 Å². The Labute approximate surface area is 131 Å². The minimum Gasteiger partial charge on any atom is -0.455 e. The number of carbonyl (C=O) groups is 3. The molecule has 1 aliphatic carbocycles. The van der Waals surface area contributed by atoms with E-state index in [1.54, 1.807) is 0 Å². The molecule has 1 fully saturated rings. The monoisotopic (exact) mass is 326 g/mol. The van der Waals surface area contributed by atoms with E-state index in [4.69, 9.17) is 4.74 Å². The average molecular weight is 326 g/mol. The largest absolute Gasteiger partial charge is 0.455 e. The molecule has 1 saturated carbocycles. The van der Waals surface area contributed by atoms with Crippen molar-refractivity contribution in [3.8, 4) is 0 Å². The lowest BCUT2D eigenvalue weighted by Crippen LogP contribution is -2.35. The quantitative estimate of drug-likeness (QED) is 0.770. The fraction of sp³-hybridized carbons (Fsp3) is 0.400. The van der Waals surface area contributed by atoms with Gasteiger partial charge in [-0.3, -0.25) is 14.4 Å². The van der Waals surface area contributed by atoms with E-state index in [1.807, 2.05) is 6.92 Å². The molecule has 1 aromatic rings. The Morgan fingerprint density at radius 1 is 1.22 bits per heavy atom. The van der Waals surface area contributed by atoms with Gasteiger partial charge in [0.25, 0.3) is 5.91 Å². The molecule has 2 atom stereocenters. The maximum atomic E-state index is 13.0. The van der Waals surface area contributed by atoms with Crippen molar-refractivity contribution < 1.29 is 27.9 Å². The first-order valence-corrected chi connectivity index (χ1v) is 7.05. The number of esters is 1. The summed E-state index contributed by atoms with van der Waals surface area (Å²) in [6.07, 6.45) is 0.761. The van der Waals surface area contributed by atoms with Gasteiger partial charge in [-0.25, -0.2) is 8.78 Å². The van der Waals surface area contributed by atoms with Gasteiger partial charge in [-0.1, -0.05) is 6.92 Å². The van der Waals surface area contributed by atoms with Crippen LogP contribution in [0.25, 0.3) is 0 Å². The summed E-state index contributed by atoms with van der Waals surface area (Å²) in [5, 5.41) is 4.55. The van der Waals surface area contributed by atoms with E-state index in [-0.39, 0.29) is 24.1 Å². The van der Waals surface area contributed by atoms with E-state index >= 15 is 0 Å². The van der Waals surface area contributed by atoms with Gasteiger partial charge in [-0.05, 0) is 24.5 Å². The molecule has 0 heterocycles. The van der Waals surface area contributed by atoms with Gasteiger partial charge in [-0.2, -0.15) is 0 Å². The first-order chi connectivity index (χ1) is 10.9. The van der Waals surface area contributed by atoms with Gasteiger partial charge >= 0.3 is 5.97 Å². The number of ether oxygens (including phenoxy) is 1. The summed E-state index contributed by atoms with van der Waals surface area (Å²) >= 11 is 0. The van der Waals surface area contributed by atoms with Crippen molar-refractivity contribution in [1.82, 2.24) is 5.32 Å². The van der Waals surface area contributed by atoms with Crippen molar-refractivity contribution in [3.63, 3.8) is 0 Å². The zero-order valence-corrected chi connectivity index (χ0v) is 12.4. The molecule has 0 radical (unpaired) electrons. The van der Waals surface area contributed by atoms with Crippen LogP contribution in [0.4, 0.5) is 14.5 Å². The molecule has 0 saturated heterocycles. The highest BCUT2D eigenvalue weighted by atomic mass is 19.2. The molecule has 0 aliphatic heterocycles. The third-order valence-corrected chi connectivity index (χ3v) is 3.41. The predicted octanol–water partition coefficient (Wildman–Crippen LogP) is 1.22. The number of halogens is 2. The van der Waals surface area contributed by atoms with E-state index < -0.39 is 36.0 Å². The van der Waals surface area contributed by atoms with Crippen molar-refractivity contribution >= 4 is 23.5 Å². The fourth-order valence-corrected chi connectivity index (χ4v) is 1.90. The van der Waals surface area contributed by atoms with Crippen LogP contribution in [0, 0.1) is 23.5 Å². The van der Waals surface area contributed by atoms with Crippen LogP contribution in [-0.4, -0.2) is 30.9 Å². The summed E-state index contributed by atoms with van der Waals surface area (Å²) in [5.74, 6) is -3.62. The van der Waals surface area contributed by atoms with Crippen LogP contribution in [0.5, 0.6) is 0 Å². The topological polar surface area (TPSA) is 84.5 Å². The lowest BCUT2D eigenvalue weighted by molar-refractivity contribution is -0.150. The van der Waals surface area contributed by atoms with Crippen molar-refractivity contribution in [1.29, 1.82) is 0 Å². The maximum absolute atomic E-state index is 13.0. The van der Waals surface area contributed by atoms with Gasteiger partial charge < -0.3 is 15.4 Å². The lowest BCUT2D eigenvalue weighted by Gasteiger charge is -2.08. The number of anilines is 1. The van der Waals surface area contributed by atoms with Gasteiger partial charge in [0.1, 0.15) is 0 Å². The Bertz CT molecular complexity index is 636. The van der Waals surface area contributed by atoms with E-state index in [0.29, 0.717) is 0 Å². The van der Waals surface area contributed by atoms with Crippen molar-refractivity contribution in [2.45, 2.75) is 13.3 Å². The molecular weight excluding hydrogens is 310 g/mol. The van der Waals surface area contributed by atoms with Crippen LogP contribution in [0.15, 0.2) is 18.2 Å². The Kier molecular flexibility index (Phi) is 5.25. The Morgan fingerprint density at radius 3 is 2.52 bits per heavy atom. The summed E-state index contributed by atoms with van der Waals surface area (Å²) in [6.45, 7) is 1.07. The zero-order valence-electron chi connectivity index (χ0n) is 12.4. The van der Waals surface area contributed by atoms with E-state index in [2.05, 4.69) is 10.6 Å². The van der Waals surface area contributed by atoms with E-state index in [9.17, 15) is 23.2 Å². The second kappa shape index (κ2) is 7.17.